The van der Waals surface area contributed by atoms with Crippen LogP contribution < -0.4 is 10.0 Å². The summed E-state index contributed by atoms with van der Waals surface area (Å²) in [7, 11) is -3.01. The molecule has 0 heterocycles. The number of unbranched alkanes of at least 4 members (excludes halogenated alkanes) is 1. The third-order valence-corrected chi connectivity index (χ3v) is 3.49. The molecule has 0 aliphatic carbocycles. The first-order chi connectivity index (χ1) is 7.12. The van der Waals surface area contributed by atoms with E-state index >= 15 is 0 Å². The van der Waals surface area contributed by atoms with E-state index in [-0.39, 0.29) is 5.75 Å². The molecule has 0 spiro atoms. The Hall–Kier alpha value is -0.130. The zero-order chi connectivity index (χ0) is 11.6. The summed E-state index contributed by atoms with van der Waals surface area (Å²) in [5, 5.41) is 3.25. The minimum Gasteiger partial charge on any atom is -0.317 e. The number of hydrogen-bond acceptors (Lipinski definition) is 3. The topological polar surface area (TPSA) is 58.2 Å². The molecule has 0 aliphatic rings. The van der Waals surface area contributed by atoms with Gasteiger partial charge >= 0.3 is 0 Å². The van der Waals surface area contributed by atoms with E-state index in [1.54, 1.807) is 0 Å². The Balaban J connectivity index is 3.41. The van der Waals surface area contributed by atoms with E-state index in [2.05, 4.69) is 17.0 Å². The Morgan fingerprint density at radius 3 is 2.20 bits per heavy atom. The Bertz CT molecular complexity index is 228. The van der Waals surface area contributed by atoms with Crippen LogP contribution in [0.5, 0.6) is 0 Å². The van der Waals surface area contributed by atoms with E-state index in [1.165, 1.54) is 0 Å². The first-order valence-corrected chi connectivity index (χ1v) is 7.45. The molecule has 0 radical (unpaired) electrons. The minimum absolute atomic E-state index is 0.251. The fraction of sp³-hybridized carbons (Fsp3) is 1.00. The van der Waals surface area contributed by atoms with Gasteiger partial charge in [-0.3, -0.25) is 0 Å². The van der Waals surface area contributed by atoms with Gasteiger partial charge in [0.25, 0.3) is 0 Å². The normalized spacial score (nSPS) is 11.9. The molecule has 0 bridgehead atoms. The lowest BCUT2D eigenvalue weighted by molar-refractivity contribution is 0.572. The standard InChI is InChI=1S/C10H24N2O2S/c1-3-7-11-9-5-6-10-15(13,14)12-8-4-2/h11-12H,3-10H2,1-2H3. The van der Waals surface area contributed by atoms with Crippen LogP contribution in [0.2, 0.25) is 0 Å². The van der Waals surface area contributed by atoms with E-state index in [9.17, 15) is 8.42 Å². The molecule has 0 saturated heterocycles. The molecule has 0 rings (SSSR count). The van der Waals surface area contributed by atoms with Crippen LogP contribution in [0.25, 0.3) is 0 Å². The molecule has 15 heavy (non-hydrogen) atoms. The van der Waals surface area contributed by atoms with Gasteiger partial charge in [0.15, 0.2) is 0 Å². The molecule has 92 valence electrons. The lowest BCUT2D eigenvalue weighted by atomic mass is 10.3. The average Bonchev–Trinajstić information content (AvgIpc) is 2.20. The molecule has 0 unspecified atom stereocenters. The van der Waals surface area contributed by atoms with Crippen molar-refractivity contribution >= 4 is 10.0 Å². The van der Waals surface area contributed by atoms with E-state index in [0.29, 0.717) is 6.54 Å². The third-order valence-electron chi connectivity index (χ3n) is 2.02. The van der Waals surface area contributed by atoms with Crippen molar-refractivity contribution in [3.63, 3.8) is 0 Å². The molecule has 0 aromatic carbocycles. The maximum Gasteiger partial charge on any atom is 0.211 e. The number of hydrogen-bond donors (Lipinski definition) is 2. The molecule has 2 N–H and O–H groups in total. The summed E-state index contributed by atoms with van der Waals surface area (Å²) in [6.45, 7) is 6.55. The maximum atomic E-state index is 11.3. The zero-order valence-corrected chi connectivity index (χ0v) is 10.7. The molecule has 4 nitrogen and oxygen atoms in total. The van der Waals surface area contributed by atoms with Crippen molar-refractivity contribution in [1.29, 1.82) is 0 Å². The van der Waals surface area contributed by atoms with Gasteiger partial charge in [0.05, 0.1) is 5.75 Å². The molecule has 0 aliphatic heterocycles. The Kier molecular flexibility index (Phi) is 9.04. The Labute approximate surface area is 93.9 Å². The molecule has 0 fully saturated rings. The van der Waals surface area contributed by atoms with E-state index in [1.807, 2.05) is 6.92 Å². The average molecular weight is 236 g/mol. The highest BCUT2D eigenvalue weighted by atomic mass is 32.2. The zero-order valence-electron chi connectivity index (χ0n) is 9.88. The smallest absolute Gasteiger partial charge is 0.211 e. The molecule has 5 heteroatoms. The van der Waals surface area contributed by atoms with Crippen LogP contribution in [0.3, 0.4) is 0 Å². The van der Waals surface area contributed by atoms with Crippen molar-refractivity contribution in [2.24, 2.45) is 0 Å². The van der Waals surface area contributed by atoms with Gasteiger partial charge in [0.1, 0.15) is 0 Å². The van der Waals surface area contributed by atoms with Crippen molar-refractivity contribution in [2.45, 2.75) is 39.5 Å². The van der Waals surface area contributed by atoms with E-state index < -0.39 is 10.0 Å². The highest BCUT2D eigenvalue weighted by molar-refractivity contribution is 7.89. The van der Waals surface area contributed by atoms with Crippen LogP contribution in [0.4, 0.5) is 0 Å². The lowest BCUT2D eigenvalue weighted by Crippen LogP contribution is -2.27. The largest absolute Gasteiger partial charge is 0.317 e. The molecular weight excluding hydrogens is 212 g/mol. The van der Waals surface area contributed by atoms with E-state index in [4.69, 9.17) is 0 Å². The molecular formula is C10H24N2O2S. The molecule has 0 aromatic heterocycles. The molecule has 0 saturated carbocycles. The molecule has 0 amide bonds. The summed E-state index contributed by atoms with van der Waals surface area (Å²) < 4.78 is 25.3. The SMILES string of the molecule is CCCNCCCCS(=O)(=O)NCCC. The highest BCUT2D eigenvalue weighted by Crippen LogP contribution is 1.94. The summed E-state index contributed by atoms with van der Waals surface area (Å²) in [6.07, 6.45) is 3.62. The van der Waals surface area contributed by atoms with Crippen LogP contribution in [0.15, 0.2) is 0 Å². The van der Waals surface area contributed by atoms with Gasteiger partial charge in [-0.25, -0.2) is 13.1 Å². The lowest BCUT2D eigenvalue weighted by Gasteiger charge is -2.05. The second-order valence-electron chi connectivity index (χ2n) is 3.67. The van der Waals surface area contributed by atoms with Crippen molar-refractivity contribution in [2.75, 3.05) is 25.4 Å². The summed E-state index contributed by atoms with van der Waals surface area (Å²) in [6, 6.07) is 0. The van der Waals surface area contributed by atoms with E-state index in [0.717, 1.165) is 38.8 Å². The van der Waals surface area contributed by atoms with Gasteiger partial charge in [0, 0.05) is 6.54 Å². The second-order valence-corrected chi connectivity index (χ2v) is 5.60. The summed E-state index contributed by atoms with van der Waals surface area (Å²) >= 11 is 0. The van der Waals surface area contributed by atoms with Crippen LogP contribution in [-0.4, -0.2) is 33.8 Å². The monoisotopic (exact) mass is 236 g/mol. The highest BCUT2D eigenvalue weighted by Gasteiger charge is 2.07. The van der Waals surface area contributed by atoms with Crippen LogP contribution >= 0.6 is 0 Å². The van der Waals surface area contributed by atoms with Gasteiger partial charge < -0.3 is 5.32 Å². The van der Waals surface area contributed by atoms with Gasteiger partial charge in [-0.15, -0.1) is 0 Å². The third kappa shape index (κ3) is 10.2. The minimum atomic E-state index is -3.01. The Morgan fingerprint density at radius 1 is 0.933 bits per heavy atom. The van der Waals surface area contributed by atoms with Crippen molar-refractivity contribution in [1.82, 2.24) is 10.0 Å². The van der Waals surface area contributed by atoms with Gasteiger partial charge in [-0.2, -0.15) is 0 Å². The van der Waals surface area contributed by atoms with Crippen LogP contribution in [-0.2, 0) is 10.0 Å². The second kappa shape index (κ2) is 9.12. The molecule has 0 aromatic rings. The van der Waals surface area contributed by atoms with Crippen LogP contribution in [0, 0.1) is 0 Å². The first kappa shape index (κ1) is 14.9. The van der Waals surface area contributed by atoms with Crippen molar-refractivity contribution < 1.29 is 8.42 Å². The quantitative estimate of drug-likeness (QED) is 0.558. The van der Waals surface area contributed by atoms with Crippen molar-refractivity contribution in [3.8, 4) is 0 Å². The Morgan fingerprint density at radius 2 is 1.60 bits per heavy atom. The number of rotatable bonds is 10. The summed E-state index contributed by atoms with van der Waals surface area (Å²) in [5.74, 6) is 0.251. The summed E-state index contributed by atoms with van der Waals surface area (Å²) in [4.78, 5) is 0. The fourth-order valence-corrected chi connectivity index (χ4v) is 2.42. The fourth-order valence-electron chi connectivity index (χ4n) is 1.17. The molecule has 0 atom stereocenters. The predicted octanol–water partition coefficient (Wildman–Crippen LogP) is 1.10. The predicted molar refractivity (Wildman–Crippen MR) is 64.5 cm³/mol. The van der Waals surface area contributed by atoms with Gasteiger partial charge in [-0.05, 0) is 38.8 Å². The first-order valence-electron chi connectivity index (χ1n) is 5.80. The number of sulfonamides is 1. The number of nitrogens with one attached hydrogen (secondary N) is 2. The van der Waals surface area contributed by atoms with Gasteiger partial charge in [0.2, 0.25) is 10.0 Å². The van der Waals surface area contributed by atoms with Gasteiger partial charge in [-0.1, -0.05) is 13.8 Å². The van der Waals surface area contributed by atoms with Crippen molar-refractivity contribution in [3.05, 3.63) is 0 Å². The van der Waals surface area contributed by atoms with Crippen LogP contribution in [0.1, 0.15) is 39.5 Å². The summed E-state index contributed by atoms with van der Waals surface area (Å²) in [5.41, 5.74) is 0. The maximum absolute atomic E-state index is 11.3.